The van der Waals surface area contributed by atoms with E-state index in [9.17, 15) is 4.79 Å². The molecule has 0 aliphatic heterocycles. The van der Waals surface area contributed by atoms with Gasteiger partial charge in [0.15, 0.2) is 0 Å². The molecule has 0 aromatic heterocycles. The Bertz CT molecular complexity index is 482. The van der Waals surface area contributed by atoms with Gasteiger partial charge in [-0.2, -0.15) is 5.26 Å². The average molecular weight is 311 g/mol. The monoisotopic (exact) mass is 310 g/mol. The molecular weight excluding hydrogens is 296 g/mol. The highest BCUT2D eigenvalue weighted by Gasteiger charge is 2.10. The van der Waals surface area contributed by atoms with E-state index >= 15 is 0 Å². The second kappa shape index (κ2) is 6.53. The van der Waals surface area contributed by atoms with Gasteiger partial charge >= 0.3 is 5.97 Å². The molecule has 0 radical (unpaired) electrons. The highest BCUT2D eigenvalue weighted by Crippen LogP contribution is 2.20. The van der Waals surface area contributed by atoms with Crippen molar-refractivity contribution in [2.45, 2.75) is 13.5 Å². The molecule has 0 spiro atoms. The summed E-state index contributed by atoms with van der Waals surface area (Å²) in [5.41, 5.74) is 1.27. The average Bonchev–Trinajstić information content (AvgIpc) is 2.31. The predicted molar refractivity (Wildman–Crippen MR) is 72.2 cm³/mol. The molecule has 0 fully saturated rings. The van der Waals surface area contributed by atoms with Crippen LogP contribution in [0.25, 0.3) is 0 Å². The third-order valence-electron chi connectivity index (χ3n) is 2.55. The Balaban J connectivity index is 2.74. The molecule has 0 bridgehead atoms. The van der Waals surface area contributed by atoms with Gasteiger partial charge in [0.05, 0.1) is 17.6 Å². The summed E-state index contributed by atoms with van der Waals surface area (Å²) in [7, 11) is 1.94. The minimum Gasteiger partial charge on any atom is -0.478 e. The quantitative estimate of drug-likeness (QED) is 0.908. The highest BCUT2D eigenvalue weighted by molar-refractivity contribution is 9.10. The zero-order valence-electron chi connectivity index (χ0n) is 10.4. The molecule has 0 aliphatic rings. The molecule has 1 N–H and O–H groups in total. The van der Waals surface area contributed by atoms with E-state index in [0.29, 0.717) is 13.1 Å². The molecular formula is C13H15BrN2O2. The van der Waals surface area contributed by atoms with Crippen molar-refractivity contribution in [2.75, 3.05) is 13.6 Å². The van der Waals surface area contributed by atoms with Crippen molar-refractivity contribution in [3.63, 3.8) is 0 Å². The van der Waals surface area contributed by atoms with Crippen LogP contribution in [-0.4, -0.2) is 29.6 Å². The molecule has 96 valence electrons. The number of nitrogens with zero attached hydrogens (tertiary/aromatic N) is 2. The first-order valence-corrected chi connectivity index (χ1v) is 6.33. The van der Waals surface area contributed by atoms with Crippen LogP contribution in [0.5, 0.6) is 0 Å². The smallest absolute Gasteiger partial charge is 0.335 e. The summed E-state index contributed by atoms with van der Waals surface area (Å²) in [5, 5.41) is 17.6. The Labute approximate surface area is 115 Å². The highest BCUT2D eigenvalue weighted by atomic mass is 79.9. The van der Waals surface area contributed by atoms with Crippen molar-refractivity contribution in [1.82, 2.24) is 4.90 Å². The Kier molecular flexibility index (Phi) is 5.32. The van der Waals surface area contributed by atoms with Gasteiger partial charge in [0.25, 0.3) is 0 Å². The van der Waals surface area contributed by atoms with Gasteiger partial charge in [-0.05, 0) is 31.7 Å². The molecule has 0 saturated carbocycles. The summed E-state index contributed by atoms with van der Waals surface area (Å²) in [4.78, 5) is 12.8. The van der Waals surface area contributed by atoms with Gasteiger partial charge in [-0.1, -0.05) is 22.0 Å². The molecule has 18 heavy (non-hydrogen) atoms. The van der Waals surface area contributed by atoms with Crippen molar-refractivity contribution in [2.24, 2.45) is 5.92 Å². The fourth-order valence-electron chi connectivity index (χ4n) is 1.67. The van der Waals surface area contributed by atoms with E-state index in [4.69, 9.17) is 10.4 Å². The van der Waals surface area contributed by atoms with Gasteiger partial charge in [-0.3, -0.25) is 0 Å². The molecule has 4 nitrogen and oxygen atoms in total. The Morgan fingerprint density at radius 2 is 2.28 bits per heavy atom. The first-order chi connectivity index (χ1) is 8.43. The van der Waals surface area contributed by atoms with Crippen LogP contribution in [0.15, 0.2) is 22.7 Å². The van der Waals surface area contributed by atoms with Gasteiger partial charge in [0, 0.05) is 17.6 Å². The summed E-state index contributed by atoms with van der Waals surface area (Å²) in [5.74, 6) is -0.958. The largest absolute Gasteiger partial charge is 0.478 e. The third kappa shape index (κ3) is 4.13. The van der Waals surface area contributed by atoms with Crippen molar-refractivity contribution in [3.05, 3.63) is 33.8 Å². The predicted octanol–water partition coefficient (Wildman–Crippen LogP) is 2.74. The first kappa shape index (κ1) is 14.7. The van der Waals surface area contributed by atoms with E-state index in [2.05, 4.69) is 22.0 Å². The van der Waals surface area contributed by atoms with Gasteiger partial charge in [-0.25, -0.2) is 4.79 Å². The number of carboxylic acid groups (broad SMARTS) is 1. The lowest BCUT2D eigenvalue weighted by Crippen LogP contribution is -2.23. The summed E-state index contributed by atoms with van der Waals surface area (Å²) >= 11 is 3.37. The summed E-state index contributed by atoms with van der Waals surface area (Å²) in [6.07, 6.45) is 0. The van der Waals surface area contributed by atoms with E-state index in [1.165, 1.54) is 0 Å². The SMILES string of the molecule is CC(C#N)CN(C)Cc1ccc(C(=O)O)cc1Br. The number of aromatic carboxylic acids is 1. The summed E-state index contributed by atoms with van der Waals surface area (Å²) in [6.45, 7) is 3.23. The number of carboxylic acids is 1. The van der Waals surface area contributed by atoms with E-state index in [0.717, 1.165) is 10.0 Å². The van der Waals surface area contributed by atoms with Crippen LogP contribution in [-0.2, 0) is 6.54 Å². The fraction of sp³-hybridized carbons (Fsp3) is 0.385. The van der Waals surface area contributed by atoms with Crippen LogP contribution in [0.2, 0.25) is 0 Å². The van der Waals surface area contributed by atoms with Gasteiger partial charge in [0.1, 0.15) is 0 Å². The number of halogens is 1. The molecule has 1 atom stereocenters. The molecule has 1 aromatic carbocycles. The molecule has 0 aliphatic carbocycles. The van der Waals surface area contributed by atoms with Crippen LogP contribution >= 0.6 is 15.9 Å². The van der Waals surface area contributed by atoms with Gasteiger partial charge in [-0.15, -0.1) is 0 Å². The number of rotatable bonds is 5. The number of hydrogen-bond acceptors (Lipinski definition) is 3. The zero-order valence-corrected chi connectivity index (χ0v) is 11.9. The Hall–Kier alpha value is -1.38. The lowest BCUT2D eigenvalue weighted by molar-refractivity contribution is 0.0697. The van der Waals surface area contributed by atoms with Gasteiger partial charge < -0.3 is 10.0 Å². The van der Waals surface area contributed by atoms with Crippen LogP contribution < -0.4 is 0 Å². The first-order valence-electron chi connectivity index (χ1n) is 5.54. The minimum absolute atomic E-state index is 0.0212. The van der Waals surface area contributed by atoms with Crippen LogP contribution in [0.3, 0.4) is 0 Å². The van der Waals surface area contributed by atoms with E-state index in [-0.39, 0.29) is 11.5 Å². The number of benzene rings is 1. The standard InChI is InChI=1S/C13H15BrN2O2/c1-9(6-15)7-16(2)8-11-4-3-10(13(17)18)5-12(11)14/h3-5,9H,7-8H2,1-2H3,(H,17,18). The number of hydrogen-bond donors (Lipinski definition) is 1. The lowest BCUT2D eigenvalue weighted by atomic mass is 10.1. The van der Waals surface area contributed by atoms with Crippen molar-refractivity contribution >= 4 is 21.9 Å². The van der Waals surface area contributed by atoms with Gasteiger partial charge in [0.2, 0.25) is 0 Å². The Morgan fingerprint density at radius 3 is 2.78 bits per heavy atom. The third-order valence-corrected chi connectivity index (χ3v) is 3.28. The minimum atomic E-state index is -0.936. The maximum absolute atomic E-state index is 10.8. The topological polar surface area (TPSA) is 64.3 Å². The zero-order chi connectivity index (χ0) is 13.7. The van der Waals surface area contributed by atoms with E-state index in [1.54, 1.807) is 18.2 Å². The second-order valence-electron chi connectivity index (χ2n) is 4.34. The molecule has 1 rings (SSSR count). The van der Waals surface area contributed by atoms with E-state index < -0.39 is 5.97 Å². The number of nitriles is 1. The maximum Gasteiger partial charge on any atom is 0.335 e. The second-order valence-corrected chi connectivity index (χ2v) is 5.19. The van der Waals surface area contributed by atoms with E-state index in [1.807, 2.05) is 18.9 Å². The van der Waals surface area contributed by atoms with Crippen molar-refractivity contribution in [1.29, 1.82) is 5.26 Å². The van der Waals surface area contributed by atoms with Crippen LogP contribution in [0.1, 0.15) is 22.8 Å². The molecule has 1 aromatic rings. The van der Waals surface area contributed by atoms with Crippen LogP contribution in [0.4, 0.5) is 0 Å². The summed E-state index contributed by atoms with van der Waals surface area (Å²) < 4.78 is 0.777. The normalized spacial score (nSPS) is 12.2. The fourth-order valence-corrected chi connectivity index (χ4v) is 2.18. The maximum atomic E-state index is 10.8. The van der Waals surface area contributed by atoms with Crippen LogP contribution in [0, 0.1) is 17.2 Å². The number of carbonyl (C=O) groups is 1. The molecule has 0 heterocycles. The van der Waals surface area contributed by atoms with Crippen molar-refractivity contribution < 1.29 is 9.90 Å². The molecule has 0 amide bonds. The van der Waals surface area contributed by atoms with Crippen molar-refractivity contribution in [3.8, 4) is 6.07 Å². The molecule has 1 unspecified atom stereocenters. The summed E-state index contributed by atoms with van der Waals surface area (Å²) in [6, 6.07) is 7.17. The lowest BCUT2D eigenvalue weighted by Gasteiger charge is -2.18. The molecule has 5 heteroatoms. The Morgan fingerprint density at radius 1 is 1.61 bits per heavy atom. The molecule has 0 saturated heterocycles.